The van der Waals surface area contributed by atoms with Crippen molar-refractivity contribution in [2.45, 2.75) is 6.42 Å². The maximum absolute atomic E-state index is 10.6. The fourth-order valence-corrected chi connectivity index (χ4v) is 1.92. The van der Waals surface area contributed by atoms with Gasteiger partial charge in [0.05, 0.1) is 4.92 Å². The summed E-state index contributed by atoms with van der Waals surface area (Å²) in [5.74, 6) is 0. The zero-order chi connectivity index (χ0) is 10.8. The minimum absolute atomic E-state index is 0.175. The van der Waals surface area contributed by atoms with Crippen LogP contribution in [0.2, 0.25) is 0 Å². The molecule has 0 fully saturated rings. The number of rotatable bonds is 3. The van der Waals surface area contributed by atoms with Crippen LogP contribution in [0.1, 0.15) is 5.56 Å². The van der Waals surface area contributed by atoms with Crippen LogP contribution in [0.3, 0.4) is 0 Å². The highest BCUT2D eigenvalue weighted by atomic mass is 16.6. The first-order valence-electron chi connectivity index (χ1n) is 4.85. The van der Waals surface area contributed by atoms with Crippen LogP contribution in [0.4, 0.5) is 11.4 Å². The van der Waals surface area contributed by atoms with E-state index in [2.05, 4.69) is 11.5 Å². The Hall–Kier alpha value is -1.84. The Morgan fingerprint density at radius 1 is 1.60 bits per heavy atom. The van der Waals surface area contributed by atoms with Gasteiger partial charge < -0.3 is 4.90 Å². The Balaban J connectivity index is 2.33. The predicted molar refractivity (Wildman–Crippen MR) is 59.2 cm³/mol. The van der Waals surface area contributed by atoms with E-state index < -0.39 is 0 Å². The van der Waals surface area contributed by atoms with Crippen LogP contribution in [0, 0.1) is 10.1 Å². The van der Waals surface area contributed by atoms with Gasteiger partial charge in [-0.05, 0) is 18.1 Å². The van der Waals surface area contributed by atoms with E-state index in [-0.39, 0.29) is 10.6 Å². The van der Waals surface area contributed by atoms with Crippen LogP contribution in [-0.4, -0.2) is 18.0 Å². The first-order valence-corrected chi connectivity index (χ1v) is 4.85. The lowest BCUT2D eigenvalue weighted by atomic mass is 10.1. The molecule has 0 unspecified atom stereocenters. The Kier molecular flexibility index (Phi) is 2.41. The van der Waals surface area contributed by atoms with Gasteiger partial charge in [0, 0.05) is 30.9 Å². The van der Waals surface area contributed by atoms with Crippen LogP contribution >= 0.6 is 0 Å². The molecule has 1 aliphatic heterocycles. The molecule has 0 N–H and O–H groups in total. The lowest BCUT2D eigenvalue weighted by Gasteiger charge is -2.16. The second-order valence-corrected chi connectivity index (χ2v) is 3.55. The van der Waals surface area contributed by atoms with Crippen molar-refractivity contribution < 1.29 is 4.92 Å². The third-order valence-corrected chi connectivity index (χ3v) is 2.62. The molecule has 0 radical (unpaired) electrons. The maximum Gasteiger partial charge on any atom is 0.269 e. The van der Waals surface area contributed by atoms with Crippen molar-refractivity contribution in [2.24, 2.45) is 0 Å². The summed E-state index contributed by atoms with van der Waals surface area (Å²) < 4.78 is 0. The summed E-state index contributed by atoms with van der Waals surface area (Å²) in [5.41, 5.74) is 2.33. The molecule has 0 saturated carbocycles. The Bertz CT molecular complexity index is 415. The lowest BCUT2D eigenvalue weighted by Crippen LogP contribution is -2.19. The number of hydrogen-bond acceptors (Lipinski definition) is 3. The molecule has 0 aromatic heterocycles. The first kappa shape index (κ1) is 9.71. The highest BCUT2D eigenvalue weighted by Crippen LogP contribution is 2.30. The van der Waals surface area contributed by atoms with Crippen molar-refractivity contribution in [2.75, 3.05) is 18.0 Å². The van der Waals surface area contributed by atoms with E-state index in [1.54, 1.807) is 12.1 Å². The third kappa shape index (κ3) is 1.70. The lowest BCUT2D eigenvalue weighted by molar-refractivity contribution is -0.384. The summed E-state index contributed by atoms with van der Waals surface area (Å²) in [5, 5.41) is 10.6. The van der Waals surface area contributed by atoms with Gasteiger partial charge in [0.2, 0.25) is 0 Å². The topological polar surface area (TPSA) is 46.4 Å². The number of nitro groups is 1. The van der Waals surface area contributed by atoms with Gasteiger partial charge in [0.25, 0.3) is 5.69 Å². The van der Waals surface area contributed by atoms with Gasteiger partial charge in [-0.3, -0.25) is 10.1 Å². The van der Waals surface area contributed by atoms with Crippen LogP contribution in [-0.2, 0) is 6.42 Å². The van der Waals surface area contributed by atoms with E-state index in [9.17, 15) is 10.1 Å². The number of nitrogens with zero attached hydrogens (tertiary/aromatic N) is 2. The molecule has 1 aromatic rings. The average Bonchev–Trinajstić information content (AvgIpc) is 2.61. The van der Waals surface area contributed by atoms with Crippen LogP contribution < -0.4 is 4.90 Å². The summed E-state index contributed by atoms with van der Waals surface area (Å²) in [7, 11) is 0. The SMILES string of the molecule is C=CCN1CCc2cc([N+](=O)[O-])ccc21. The van der Waals surface area contributed by atoms with Crippen LogP contribution in [0.5, 0.6) is 0 Å². The minimum Gasteiger partial charge on any atom is -0.367 e. The monoisotopic (exact) mass is 204 g/mol. The molecule has 78 valence electrons. The fraction of sp³-hybridized carbons (Fsp3) is 0.273. The zero-order valence-corrected chi connectivity index (χ0v) is 8.35. The number of anilines is 1. The van der Waals surface area contributed by atoms with Gasteiger partial charge in [-0.1, -0.05) is 6.08 Å². The molecule has 0 atom stereocenters. The van der Waals surface area contributed by atoms with E-state index in [0.29, 0.717) is 0 Å². The second kappa shape index (κ2) is 3.73. The van der Waals surface area contributed by atoms with Crippen molar-refractivity contribution in [1.29, 1.82) is 0 Å². The quantitative estimate of drug-likeness (QED) is 0.430. The second-order valence-electron chi connectivity index (χ2n) is 3.55. The number of fused-ring (bicyclic) bond motifs is 1. The van der Waals surface area contributed by atoms with E-state index in [1.807, 2.05) is 12.1 Å². The van der Waals surface area contributed by atoms with Gasteiger partial charge in [0.1, 0.15) is 0 Å². The molecule has 4 nitrogen and oxygen atoms in total. The normalized spacial score (nSPS) is 13.7. The van der Waals surface area contributed by atoms with E-state index in [4.69, 9.17) is 0 Å². The van der Waals surface area contributed by atoms with Gasteiger partial charge in [0.15, 0.2) is 0 Å². The minimum atomic E-state index is -0.351. The van der Waals surface area contributed by atoms with E-state index >= 15 is 0 Å². The van der Waals surface area contributed by atoms with Gasteiger partial charge in [-0.25, -0.2) is 0 Å². The molecule has 2 rings (SSSR count). The average molecular weight is 204 g/mol. The zero-order valence-electron chi connectivity index (χ0n) is 8.35. The number of benzene rings is 1. The van der Waals surface area contributed by atoms with Crippen molar-refractivity contribution in [3.8, 4) is 0 Å². The van der Waals surface area contributed by atoms with Gasteiger partial charge >= 0.3 is 0 Å². The number of nitro benzene ring substituents is 1. The van der Waals surface area contributed by atoms with E-state index in [0.717, 1.165) is 30.8 Å². The maximum atomic E-state index is 10.6. The Morgan fingerprint density at radius 3 is 3.07 bits per heavy atom. The number of hydrogen-bond donors (Lipinski definition) is 0. The van der Waals surface area contributed by atoms with Crippen LogP contribution in [0.15, 0.2) is 30.9 Å². The molecule has 0 amide bonds. The standard InChI is InChI=1S/C11H12N2O2/c1-2-6-12-7-5-9-8-10(13(14)15)3-4-11(9)12/h2-4,8H,1,5-7H2. The molecule has 0 bridgehead atoms. The summed E-state index contributed by atoms with van der Waals surface area (Å²) in [6.45, 7) is 5.41. The fourth-order valence-electron chi connectivity index (χ4n) is 1.92. The first-order chi connectivity index (χ1) is 7.22. The molecule has 0 spiro atoms. The van der Waals surface area contributed by atoms with E-state index in [1.165, 1.54) is 0 Å². The third-order valence-electron chi connectivity index (χ3n) is 2.62. The molecule has 1 aliphatic rings. The molecule has 15 heavy (non-hydrogen) atoms. The van der Waals surface area contributed by atoms with Crippen molar-refractivity contribution in [3.05, 3.63) is 46.5 Å². The molecule has 4 heteroatoms. The highest BCUT2D eigenvalue weighted by Gasteiger charge is 2.20. The molecular weight excluding hydrogens is 192 g/mol. The largest absolute Gasteiger partial charge is 0.367 e. The summed E-state index contributed by atoms with van der Waals surface area (Å²) in [6.07, 6.45) is 2.72. The smallest absolute Gasteiger partial charge is 0.269 e. The van der Waals surface area contributed by atoms with Crippen molar-refractivity contribution in [1.82, 2.24) is 0 Å². The van der Waals surface area contributed by atoms with Crippen molar-refractivity contribution >= 4 is 11.4 Å². The van der Waals surface area contributed by atoms with Gasteiger partial charge in [-0.2, -0.15) is 0 Å². The predicted octanol–water partition coefficient (Wildman–Crippen LogP) is 2.14. The molecule has 0 aliphatic carbocycles. The summed E-state index contributed by atoms with van der Waals surface area (Å²) in [4.78, 5) is 12.4. The van der Waals surface area contributed by atoms with Crippen LogP contribution in [0.25, 0.3) is 0 Å². The summed E-state index contributed by atoms with van der Waals surface area (Å²) in [6, 6.07) is 5.04. The Morgan fingerprint density at radius 2 is 2.40 bits per heavy atom. The Labute approximate surface area is 88.0 Å². The molecule has 1 aromatic carbocycles. The molecular formula is C11H12N2O2. The number of non-ortho nitro benzene ring substituents is 1. The molecule has 0 saturated heterocycles. The molecule has 1 heterocycles. The highest BCUT2D eigenvalue weighted by molar-refractivity contribution is 5.61. The summed E-state index contributed by atoms with van der Waals surface area (Å²) >= 11 is 0. The van der Waals surface area contributed by atoms with Gasteiger partial charge in [-0.15, -0.1) is 6.58 Å². The van der Waals surface area contributed by atoms with Crippen molar-refractivity contribution in [3.63, 3.8) is 0 Å².